The van der Waals surface area contributed by atoms with Gasteiger partial charge in [-0.25, -0.2) is 0 Å². The second-order valence-corrected chi connectivity index (χ2v) is 5.39. The third-order valence-electron chi connectivity index (χ3n) is 2.19. The third-order valence-corrected chi connectivity index (χ3v) is 3.57. The largest absolute Gasteiger partial charge is 0.349 e. The molecular weight excluding hydrogens is 184 g/mol. The van der Waals surface area contributed by atoms with Crippen LogP contribution >= 0.6 is 11.8 Å². The lowest BCUT2D eigenvalue weighted by atomic mass is 10.1. The summed E-state index contributed by atoms with van der Waals surface area (Å²) >= 11 is 1.75. The molecule has 0 saturated carbocycles. The Hall–Kier alpha value is -0.220. The van der Waals surface area contributed by atoms with Crippen molar-refractivity contribution >= 4 is 17.7 Å². The Morgan fingerprint density at radius 1 is 1.69 bits per heavy atom. The van der Waals surface area contributed by atoms with Crippen LogP contribution in [0.4, 0.5) is 0 Å². The minimum Gasteiger partial charge on any atom is -0.349 e. The minimum atomic E-state index is -0.264. The van der Waals surface area contributed by atoms with Crippen molar-refractivity contribution in [3.05, 3.63) is 0 Å². The molecule has 13 heavy (non-hydrogen) atoms. The molecule has 1 saturated heterocycles. The van der Waals surface area contributed by atoms with E-state index >= 15 is 0 Å². The van der Waals surface area contributed by atoms with Crippen LogP contribution in [0.5, 0.6) is 0 Å². The zero-order valence-corrected chi connectivity index (χ0v) is 9.12. The number of rotatable bonds is 3. The van der Waals surface area contributed by atoms with E-state index in [0.29, 0.717) is 6.54 Å². The van der Waals surface area contributed by atoms with Crippen molar-refractivity contribution in [2.75, 3.05) is 12.3 Å². The van der Waals surface area contributed by atoms with E-state index in [9.17, 15) is 4.79 Å². The highest BCUT2D eigenvalue weighted by Gasteiger charge is 2.27. The van der Waals surface area contributed by atoms with E-state index in [0.717, 1.165) is 18.6 Å². The molecule has 76 valence electrons. The number of carbonyl (C=O) groups is 1. The van der Waals surface area contributed by atoms with E-state index in [1.54, 1.807) is 11.8 Å². The summed E-state index contributed by atoms with van der Waals surface area (Å²) in [6.07, 6.45) is 2.17. The molecule has 3 N–H and O–H groups in total. The Morgan fingerprint density at radius 2 is 2.38 bits per heavy atom. The van der Waals surface area contributed by atoms with Gasteiger partial charge >= 0.3 is 0 Å². The van der Waals surface area contributed by atoms with Gasteiger partial charge in [-0.2, -0.15) is 0 Å². The Balaban J connectivity index is 2.40. The first kappa shape index (κ1) is 10.9. The standard InChI is InChI=1S/C9H18N2OS/c1-9(2,6-10)11-8(12)7-4-3-5-13-7/h7H,3-6,10H2,1-2H3,(H,11,12). The topological polar surface area (TPSA) is 55.1 Å². The number of amides is 1. The van der Waals surface area contributed by atoms with E-state index in [4.69, 9.17) is 5.73 Å². The Bertz CT molecular complexity index is 188. The molecule has 0 aliphatic carbocycles. The molecule has 1 rings (SSSR count). The highest BCUT2D eigenvalue weighted by atomic mass is 32.2. The number of thioether (sulfide) groups is 1. The number of hydrogen-bond acceptors (Lipinski definition) is 3. The van der Waals surface area contributed by atoms with E-state index in [1.165, 1.54) is 0 Å². The molecular formula is C9H18N2OS. The lowest BCUT2D eigenvalue weighted by Gasteiger charge is -2.25. The normalized spacial score (nSPS) is 23.2. The van der Waals surface area contributed by atoms with Crippen LogP contribution in [0.3, 0.4) is 0 Å². The Kier molecular flexibility index (Phi) is 3.62. The van der Waals surface area contributed by atoms with E-state index < -0.39 is 0 Å². The van der Waals surface area contributed by atoms with Gasteiger partial charge in [-0.3, -0.25) is 4.79 Å². The van der Waals surface area contributed by atoms with Crippen molar-refractivity contribution < 1.29 is 4.79 Å². The van der Waals surface area contributed by atoms with Crippen molar-refractivity contribution in [1.82, 2.24) is 5.32 Å². The molecule has 3 nitrogen and oxygen atoms in total. The monoisotopic (exact) mass is 202 g/mol. The first-order chi connectivity index (χ1) is 6.05. The smallest absolute Gasteiger partial charge is 0.233 e. The minimum absolute atomic E-state index is 0.151. The van der Waals surface area contributed by atoms with E-state index in [2.05, 4.69) is 5.32 Å². The number of nitrogens with two attached hydrogens (primary N) is 1. The Labute approximate surface area is 83.8 Å². The molecule has 0 aromatic heterocycles. The van der Waals surface area contributed by atoms with Gasteiger partial charge in [0.2, 0.25) is 5.91 Å². The highest BCUT2D eigenvalue weighted by Crippen LogP contribution is 2.26. The van der Waals surface area contributed by atoms with E-state index in [-0.39, 0.29) is 16.7 Å². The maximum atomic E-state index is 11.6. The summed E-state index contributed by atoms with van der Waals surface area (Å²) in [5.41, 5.74) is 5.27. The predicted octanol–water partition coefficient (Wildman–Crippen LogP) is 0.735. The van der Waals surface area contributed by atoms with Crippen molar-refractivity contribution in [1.29, 1.82) is 0 Å². The molecule has 1 fully saturated rings. The second-order valence-electron chi connectivity index (χ2n) is 4.08. The maximum Gasteiger partial charge on any atom is 0.233 e. The fourth-order valence-corrected chi connectivity index (χ4v) is 2.41. The van der Waals surface area contributed by atoms with E-state index in [1.807, 2.05) is 13.8 Å². The zero-order valence-electron chi connectivity index (χ0n) is 8.30. The lowest BCUT2D eigenvalue weighted by molar-refractivity contribution is -0.122. The molecule has 0 aromatic carbocycles. The fourth-order valence-electron chi connectivity index (χ4n) is 1.25. The van der Waals surface area contributed by atoms with Gasteiger partial charge in [0.25, 0.3) is 0 Å². The van der Waals surface area contributed by atoms with Gasteiger partial charge in [0.15, 0.2) is 0 Å². The fraction of sp³-hybridized carbons (Fsp3) is 0.889. The number of nitrogens with one attached hydrogen (secondary N) is 1. The van der Waals surface area contributed by atoms with Gasteiger partial charge in [-0.05, 0) is 32.4 Å². The lowest BCUT2D eigenvalue weighted by Crippen LogP contribution is -2.51. The molecule has 4 heteroatoms. The average Bonchev–Trinajstić information content (AvgIpc) is 2.55. The SMILES string of the molecule is CC(C)(CN)NC(=O)C1CCCS1. The molecule has 1 aliphatic rings. The van der Waals surface area contributed by atoms with Crippen LogP contribution in [0.1, 0.15) is 26.7 Å². The maximum absolute atomic E-state index is 11.6. The second kappa shape index (κ2) is 4.33. The predicted molar refractivity (Wildman–Crippen MR) is 56.8 cm³/mol. The van der Waals surface area contributed by atoms with Crippen LogP contribution in [0.25, 0.3) is 0 Å². The van der Waals surface area contributed by atoms with Crippen LogP contribution in [-0.2, 0) is 4.79 Å². The molecule has 1 amide bonds. The summed E-state index contributed by atoms with van der Waals surface area (Å²) in [6, 6.07) is 0. The first-order valence-corrected chi connectivity index (χ1v) is 5.74. The summed E-state index contributed by atoms with van der Waals surface area (Å²) in [4.78, 5) is 11.6. The van der Waals surface area contributed by atoms with Crippen molar-refractivity contribution in [3.63, 3.8) is 0 Å². The van der Waals surface area contributed by atoms with Crippen LogP contribution in [0.15, 0.2) is 0 Å². The van der Waals surface area contributed by atoms with Gasteiger partial charge < -0.3 is 11.1 Å². The van der Waals surface area contributed by atoms with Gasteiger partial charge in [-0.15, -0.1) is 11.8 Å². The summed E-state index contributed by atoms with van der Waals surface area (Å²) < 4.78 is 0. The molecule has 0 bridgehead atoms. The van der Waals surface area contributed by atoms with Gasteiger partial charge in [-0.1, -0.05) is 0 Å². The average molecular weight is 202 g/mol. The van der Waals surface area contributed by atoms with Crippen LogP contribution in [-0.4, -0.2) is 29.0 Å². The summed E-state index contributed by atoms with van der Waals surface area (Å²) in [6.45, 7) is 4.38. The number of carbonyl (C=O) groups excluding carboxylic acids is 1. The van der Waals surface area contributed by atoms with Crippen molar-refractivity contribution in [2.45, 2.75) is 37.5 Å². The Morgan fingerprint density at radius 3 is 2.85 bits per heavy atom. The zero-order chi connectivity index (χ0) is 9.90. The summed E-state index contributed by atoms with van der Waals surface area (Å²) in [5.74, 6) is 1.26. The van der Waals surface area contributed by atoms with Gasteiger partial charge in [0, 0.05) is 12.1 Å². The molecule has 0 aromatic rings. The first-order valence-electron chi connectivity index (χ1n) is 4.69. The van der Waals surface area contributed by atoms with Crippen LogP contribution in [0, 0.1) is 0 Å². The third kappa shape index (κ3) is 3.19. The molecule has 1 atom stereocenters. The summed E-state index contributed by atoms with van der Waals surface area (Å²) in [7, 11) is 0. The highest BCUT2D eigenvalue weighted by molar-refractivity contribution is 8.00. The molecule has 1 heterocycles. The molecule has 1 unspecified atom stereocenters. The van der Waals surface area contributed by atoms with Crippen molar-refractivity contribution in [2.24, 2.45) is 5.73 Å². The quantitative estimate of drug-likeness (QED) is 0.709. The van der Waals surface area contributed by atoms with Gasteiger partial charge in [0.05, 0.1) is 5.25 Å². The van der Waals surface area contributed by atoms with Crippen LogP contribution < -0.4 is 11.1 Å². The van der Waals surface area contributed by atoms with Gasteiger partial charge in [0.1, 0.15) is 0 Å². The number of hydrogen-bond donors (Lipinski definition) is 2. The van der Waals surface area contributed by atoms with Crippen LogP contribution in [0.2, 0.25) is 0 Å². The van der Waals surface area contributed by atoms with Crippen molar-refractivity contribution in [3.8, 4) is 0 Å². The molecule has 1 aliphatic heterocycles. The molecule has 0 spiro atoms. The molecule has 0 radical (unpaired) electrons. The summed E-state index contributed by atoms with van der Waals surface area (Å²) in [5, 5.41) is 3.12.